The van der Waals surface area contributed by atoms with E-state index in [4.69, 9.17) is 15.6 Å². The summed E-state index contributed by atoms with van der Waals surface area (Å²) in [6.45, 7) is 4.18. The molecule has 0 aliphatic heterocycles. The fraction of sp³-hybridized carbons (Fsp3) is 0.560. The lowest BCUT2D eigenvalue weighted by molar-refractivity contribution is -0.139. The smallest absolute Gasteiger partial charge is 0.341 e. The molecule has 7 nitrogen and oxygen atoms in total. The SMILES string of the molecule is CCCCCCCCCCCCn1c(C)c(C(=O)C(N)=O)c2c(OCC(=O)O)cccc21. The van der Waals surface area contributed by atoms with Crippen molar-refractivity contribution in [3.8, 4) is 5.75 Å². The summed E-state index contributed by atoms with van der Waals surface area (Å²) in [7, 11) is 0. The van der Waals surface area contributed by atoms with Crippen LogP contribution in [0.4, 0.5) is 0 Å². The first kappa shape index (κ1) is 25.4. The van der Waals surface area contributed by atoms with E-state index in [0.29, 0.717) is 17.6 Å². The monoisotopic (exact) mass is 444 g/mol. The number of nitrogens with zero attached hydrogens (tertiary/aromatic N) is 1. The largest absolute Gasteiger partial charge is 0.481 e. The van der Waals surface area contributed by atoms with E-state index in [0.717, 1.165) is 18.4 Å². The highest BCUT2D eigenvalue weighted by molar-refractivity contribution is 6.45. The molecule has 0 bridgehead atoms. The second kappa shape index (κ2) is 12.9. The Morgan fingerprint density at radius 3 is 2.12 bits per heavy atom. The second-order valence-corrected chi connectivity index (χ2v) is 8.32. The molecule has 1 heterocycles. The molecule has 0 radical (unpaired) electrons. The fourth-order valence-electron chi connectivity index (χ4n) is 4.20. The highest BCUT2D eigenvalue weighted by atomic mass is 16.5. The minimum Gasteiger partial charge on any atom is -0.481 e. The first-order valence-corrected chi connectivity index (χ1v) is 11.7. The van der Waals surface area contributed by atoms with Crippen molar-refractivity contribution < 1.29 is 24.2 Å². The Morgan fingerprint density at radius 2 is 1.56 bits per heavy atom. The van der Waals surface area contributed by atoms with Crippen molar-refractivity contribution in [3.05, 3.63) is 29.5 Å². The van der Waals surface area contributed by atoms with Crippen LogP contribution in [0.5, 0.6) is 5.75 Å². The molecule has 0 atom stereocenters. The average molecular weight is 445 g/mol. The number of Topliss-reactive ketones (excluding diaryl/α,β-unsaturated/α-hetero) is 1. The van der Waals surface area contributed by atoms with E-state index < -0.39 is 24.3 Å². The minimum absolute atomic E-state index is 0.195. The lowest BCUT2D eigenvalue weighted by Crippen LogP contribution is -2.24. The number of nitrogens with two attached hydrogens (primary N) is 1. The second-order valence-electron chi connectivity index (χ2n) is 8.32. The average Bonchev–Trinajstić information content (AvgIpc) is 3.04. The van der Waals surface area contributed by atoms with Gasteiger partial charge in [0.05, 0.1) is 16.5 Å². The third kappa shape index (κ3) is 6.84. The molecule has 1 amide bonds. The number of aliphatic carboxylic acids is 1. The van der Waals surface area contributed by atoms with E-state index in [1.807, 2.05) is 10.6 Å². The molecule has 1 aromatic heterocycles. The lowest BCUT2D eigenvalue weighted by atomic mass is 10.1. The van der Waals surface area contributed by atoms with Gasteiger partial charge in [-0.05, 0) is 25.5 Å². The Kier molecular flexibility index (Phi) is 10.2. The Bertz CT molecular complexity index is 932. The molecular weight excluding hydrogens is 408 g/mol. The summed E-state index contributed by atoms with van der Waals surface area (Å²) >= 11 is 0. The predicted octanol–water partition coefficient (Wildman–Crippen LogP) is 5.00. The van der Waals surface area contributed by atoms with Crippen molar-refractivity contribution in [1.82, 2.24) is 4.57 Å². The van der Waals surface area contributed by atoms with E-state index in [9.17, 15) is 14.4 Å². The van der Waals surface area contributed by atoms with Gasteiger partial charge in [0.1, 0.15) is 5.75 Å². The predicted molar refractivity (Wildman–Crippen MR) is 125 cm³/mol. The van der Waals surface area contributed by atoms with E-state index in [-0.39, 0.29) is 11.3 Å². The van der Waals surface area contributed by atoms with Gasteiger partial charge >= 0.3 is 5.97 Å². The van der Waals surface area contributed by atoms with Crippen molar-refractivity contribution in [1.29, 1.82) is 0 Å². The molecule has 0 aliphatic carbocycles. The molecule has 32 heavy (non-hydrogen) atoms. The number of primary amides is 1. The first-order chi connectivity index (χ1) is 15.4. The molecule has 2 rings (SSSR count). The Hall–Kier alpha value is -2.83. The molecule has 0 unspecified atom stereocenters. The summed E-state index contributed by atoms with van der Waals surface area (Å²) in [5.74, 6) is -2.69. The van der Waals surface area contributed by atoms with Crippen molar-refractivity contribution in [2.24, 2.45) is 5.73 Å². The zero-order valence-electron chi connectivity index (χ0n) is 19.3. The molecule has 0 saturated carbocycles. The summed E-state index contributed by atoms with van der Waals surface area (Å²) in [4.78, 5) is 35.2. The molecule has 0 aliphatic rings. The van der Waals surface area contributed by atoms with Crippen LogP contribution in [0.3, 0.4) is 0 Å². The molecule has 176 valence electrons. The van der Waals surface area contributed by atoms with E-state index in [1.54, 1.807) is 19.1 Å². The maximum absolute atomic E-state index is 12.6. The van der Waals surface area contributed by atoms with Gasteiger partial charge in [-0.25, -0.2) is 4.79 Å². The molecule has 0 spiro atoms. The highest BCUT2D eigenvalue weighted by Gasteiger charge is 2.26. The number of carbonyl (C=O) groups excluding carboxylic acids is 2. The maximum Gasteiger partial charge on any atom is 0.341 e. The number of aryl methyl sites for hydroxylation is 1. The molecule has 0 fully saturated rings. The number of carbonyl (C=O) groups is 3. The number of ketones is 1. The number of rotatable bonds is 16. The van der Waals surface area contributed by atoms with Gasteiger partial charge in [0.25, 0.3) is 11.7 Å². The number of carboxylic acids is 1. The van der Waals surface area contributed by atoms with Crippen LogP contribution >= 0.6 is 0 Å². The van der Waals surface area contributed by atoms with Gasteiger partial charge in [0, 0.05) is 12.2 Å². The normalized spacial score (nSPS) is 11.1. The van der Waals surface area contributed by atoms with Crippen LogP contribution in [0.15, 0.2) is 18.2 Å². The molecule has 7 heteroatoms. The number of unbranched alkanes of at least 4 members (excludes halogenated alkanes) is 9. The van der Waals surface area contributed by atoms with Gasteiger partial charge in [-0.1, -0.05) is 70.8 Å². The van der Waals surface area contributed by atoms with Crippen molar-refractivity contribution in [3.63, 3.8) is 0 Å². The van der Waals surface area contributed by atoms with Gasteiger partial charge in [-0.2, -0.15) is 0 Å². The third-order valence-corrected chi connectivity index (χ3v) is 5.85. The zero-order chi connectivity index (χ0) is 23.5. The van der Waals surface area contributed by atoms with Gasteiger partial charge in [0.2, 0.25) is 0 Å². The van der Waals surface area contributed by atoms with Gasteiger partial charge in [-0.15, -0.1) is 0 Å². The molecule has 1 aromatic carbocycles. The number of hydrogen-bond donors (Lipinski definition) is 2. The maximum atomic E-state index is 12.6. The van der Waals surface area contributed by atoms with E-state index in [1.165, 1.54) is 51.4 Å². The molecule has 2 aromatic rings. The van der Waals surface area contributed by atoms with Crippen molar-refractivity contribution in [2.45, 2.75) is 84.6 Å². The Morgan fingerprint density at radius 1 is 0.969 bits per heavy atom. The van der Waals surface area contributed by atoms with Gasteiger partial charge < -0.3 is 20.1 Å². The minimum atomic E-state index is -1.12. The van der Waals surface area contributed by atoms with Crippen LogP contribution in [0.25, 0.3) is 10.9 Å². The standard InChI is InChI=1S/C25H36N2O5/c1-3-4-5-6-7-8-9-10-11-12-16-27-18(2)22(24(30)25(26)31)23-19(27)14-13-15-20(23)32-17-21(28)29/h13-15H,3-12,16-17H2,1-2H3,(H2,26,31)(H,28,29). The van der Waals surface area contributed by atoms with Crippen LogP contribution in [-0.2, 0) is 16.1 Å². The number of carboxylic acid groups (broad SMARTS) is 1. The lowest BCUT2D eigenvalue weighted by Gasteiger charge is -2.09. The molecule has 0 saturated heterocycles. The number of amides is 1. The number of hydrogen-bond acceptors (Lipinski definition) is 4. The van der Waals surface area contributed by atoms with Crippen LogP contribution < -0.4 is 10.5 Å². The Balaban J connectivity index is 2.09. The van der Waals surface area contributed by atoms with E-state index >= 15 is 0 Å². The summed E-state index contributed by atoms with van der Waals surface area (Å²) < 4.78 is 7.41. The molecule has 3 N–H and O–H groups in total. The van der Waals surface area contributed by atoms with E-state index in [2.05, 4.69) is 6.92 Å². The fourth-order valence-corrected chi connectivity index (χ4v) is 4.20. The third-order valence-electron chi connectivity index (χ3n) is 5.85. The van der Waals surface area contributed by atoms with Crippen LogP contribution in [0.1, 0.15) is 87.2 Å². The number of benzene rings is 1. The van der Waals surface area contributed by atoms with Gasteiger partial charge in [0.15, 0.2) is 6.61 Å². The number of fused-ring (bicyclic) bond motifs is 1. The summed E-state index contributed by atoms with van der Waals surface area (Å²) in [6.07, 6.45) is 12.3. The highest BCUT2D eigenvalue weighted by Crippen LogP contribution is 2.34. The number of aromatic nitrogens is 1. The quantitative estimate of drug-likeness (QED) is 0.215. The summed E-state index contributed by atoms with van der Waals surface area (Å²) in [5.41, 5.74) is 6.86. The van der Waals surface area contributed by atoms with Crippen LogP contribution in [0, 0.1) is 6.92 Å². The molecular formula is C25H36N2O5. The number of ether oxygens (including phenoxy) is 1. The zero-order valence-corrected chi connectivity index (χ0v) is 19.3. The van der Waals surface area contributed by atoms with Crippen LogP contribution in [0.2, 0.25) is 0 Å². The first-order valence-electron chi connectivity index (χ1n) is 11.7. The Labute approximate surface area is 189 Å². The summed E-state index contributed by atoms with van der Waals surface area (Å²) in [6, 6.07) is 5.21. The van der Waals surface area contributed by atoms with Crippen molar-refractivity contribution >= 4 is 28.6 Å². The topological polar surface area (TPSA) is 112 Å². The van der Waals surface area contributed by atoms with Crippen molar-refractivity contribution in [2.75, 3.05) is 6.61 Å². The summed E-state index contributed by atoms with van der Waals surface area (Å²) in [5, 5.41) is 9.41. The van der Waals surface area contributed by atoms with Crippen LogP contribution in [-0.4, -0.2) is 33.9 Å². The van der Waals surface area contributed by atoms with Gasteiger partial charge in [-0.3, -0.25) is 9.59 Å².